The summed E-state index contributed by atoms with van der Waals surface area (Å²) in [5, 5.41) is 3.65. The Morgan fingerprint density at radius 1 is 1.36 bits per heavy atom. The Morgan fingerprint density at radius 3 is 2.79 bits per heavy atom. The highest BCUT2D eigenvalue weighted by Gasteiger charge is 2.08. The Morgan fingerprint density at radius 2 is 2.21 bits per heavy atom. The molecule has 72 valence electrons. The summed E-state index contributed by atoms with van der Waals surface area (Å²) in [5.41, 5.74) is 0.879. The zero-order valence-corrected chi connectivity index (χ0v) is 7.53. The number of ether oxygens (including phenoxy) is 1. The third-order valence-electron chi connectivity index (χ3n) is 1.89. The molecule has 0 aliphatic heterocycles. The van der Waals surface area contributed by atoms with Gasteiger partial charge in [-0.15, -0.1) is 0 Å². The minimum Gasteiger partial charge on any atom is -0.497 e. The van der Waals surface area contributed by atoms with Crippen LogP contribution in [-0.2, 0) is 0 Å². The van der Waals surface area contributed by atoms with E-state index in [4.69, 9.17) is 4.74 Å². The molecule has 0 atom stereocenters. The van der Waals surface area contributed by atoms with Crippen molar-refractivity contribution in [3.05, 3.63) is 36.3 Å². The van der Waals surface area contributed by atoms with Crippen LogP contribution >= 0.6 is 0 Å². The van der Waals surface area contributed by atoms with Crippen molar-refractivity contribution in [1.82, 2.24) is 5.16 Å². The Bertz CT molecular complexity index is 426. The zero-order valence-electron chi connectivity index (χ0n) is 7.53. The summed E-state index contributed by atoms with van der Waals surface area (Å²) >= 11 is 0. The van der Waals surface area contributed by atoms with Crippen LogP contribution in [0.4, 0.5) is 4.39 Å². The first-order valence-corrected chi connectivity index (χ1v) is 4.05. The number of rotatable bonds is 2. The topological polar surface area (TPSA) is 35.3 Å². The highest BCUT2D eigenvalue weighted by molar-refractivity contribution is 5.60. The maximum atomic E-state index is 13.4. The minimum absolute atomic E-state index is 0.377. The Balaban J connectivity index is 2.46. The Labute approximate surface area is 80.1 Å². The number of nitrogens with zero attached hydrogens (tertiary/aromatic N) is 1. The number of halogens is 1. The van der Waals surface area contributed by atoms with Gasteiger partial charge in [-0.3, -0.25) is 0 Å². The van der Waals surface area contributed by atoms with Gasteiger partial charge in [-0.1, -0.05) is 5.16 Å². The summed E-state index contributed by atoms with van der Waals surface area (Å²) in [6.07, 6.45) is 1.40. The molecule has 0 saturated heterocycles. The van der Waals surface area contributed by atoms with Gasteiger partial charge in [-0.25, -0.2) is 4.39 Å². The first-order chi connectivity index (χ1) is 6.81. The Hall–Kier alpha value is -1.84. The van der Waals surface area contributed by atoms with E-state index in [0.29, 0.717) is 17.0 Å². The fraction of sp³-hybridized carbons (Fsp3) is 0.100. The molecular formula is C10H8FNO2. The van der Waals surface area contributed by atoms with Crippen molar-refractivity contribution in [3.63, 3.8) is 0 Å². The van der Waals surface area contributed by atoms with Crippen molar-refractivity contribution >= 4 is 0 Å². The summed E-state index contributed by atoms with van der Waals surface area (Å²) in [4.78, 5) is 0. The molecule has 4 heteroatoms. The normalized spacial score (nSPS) is 10.1. The van der Waals surface area contributed by atoms with Crippen LogP contribution in [0.2, 0.25) is 0 Å². The van der Waals surface area contributed by atoms with E-state index in [1.165, 1.54) is 19.4 Å². The fourth-order valence-corrected chi connectivity index (χ4v) is 1.18. The van der Waals surface area contributed by atoms with E-state index in [1.807, 2.05) is 0 Å². The lowest BCUT2D eigenvalue weighted by Gasteiger charge is -2.02. The molecule has 14 heavy (non-hydrogen) atoms. The van der Waals surface area contributed by atoms with Gasteiger partial charge in [0.25, 0.3) is 0 Å². The van der Waals surface area contributed by atoms with Gasteiger partial charge >= 0.3 is 0 Å². The lowest BCUT2D eigenvalue weighted by atomic mass is 10.1. The van der Waals surface area contributed by atoms with Crippen LogP contribution < -0.4 is 4.74 Å². The van der Waals surface area contributed by atoms with Crippen molar-refractivity contribution < 1.29 is 13.7 Å². The molecular weight excluding hydrogens is 185 g/mol. The molecule has 0 fully saturated rings. The summed E-state index contributed by atoms with van der Waals surface area (Å²) in [6, 6.07) is 6.19. The highest BCUT2D eigenvalue weighted by atomic mass is 19.1. The molecule has 1 heterocycles. The predicted octanol–water partition coefficient (Wildman–Crippen LogP) is 2.49. The van der Waals surface area contributed by atoms with E-state index in [0.717, 1.165) is 0 Å². The van der Waals surface area contributed by atoms with Crippen LogP contribution in [0.5, 0.6) is 5.75 Å². The Kier molecular flexibility index (Phi) is 2.18. The highest BCUT2D eigenvalue weighted by Crippen LogP contribution is 2.24. The average Bonchev–Trinajstić information content (AvgIpc) is 2.70. The second kappa shape index (κ2) is 3.49. The fourth-order valence-electron chi connectivity index (χ4n) is 1.18. The monoisotopic (exact) mass is 193 g/mol. The molecule has 0 aliphatic rings. The molecule has 0 bridgehead atoms. The molecule has 0 unspecified atom stereocenters. The quantitative estimate of drug-likeness (QED) is 0.734. The van der Waals surface area contributed by atoms with E-state index in [1.54, 1.807) is 18.2 Å². The molecule has 0 amide bonds. The average molecular weight is 193 g/mol. The van der Waals surface area contributed by atoms with E-state index in [-0.39, 0.29) is 5.82 Å². The molecule has 1 aromatic heterocycles. The molecule has 0 radical (unpaired) electrons. The van der Waals surface area contributed by atoms with Gasteiger partial charge in [0.15, 0.2) is 0 Å². The molecule has 2 rings (SSSR count). The van der Waals surface area contributed by atoms with Gasteiger partial charge in [0, 0.05) is 17.7 Å². The lowest BCUT2D eigenvalue weighted by Crippen LogP contribution is -1.87. The van der Waals surface area contributed by atoms with Gasteiger partial charge in [-0.2, -0.15) is 0 Å². The maximum absolute atomic E-state index is 13.4. The van der Waals surface area contributed by atoms with Crippen LogP contribution in [-0.4, -0.2) is 12.3 Å². The van der Waals surface area contributed by atoms with Crippen LogP contribution in [0.3, 0.4) is 0 Å². The van der Waals surface area contributed by atoms with Crippen LogP contribution in [0.15, 0.2) is 35.1 Å². The third kappa shape index (κ3) is 1.46. The summed E-state index contributed by atoms with van der Waals surface area (Å²) < 4.78 is 23.0. The van der Waals surface area contributed by atoms with Crippen molar-refractivity contribution in [2.24, 2.45) is 0 Å². The first-order valence-electron chi connectivity index (χ1n) is 4.05. The summed E-state index contributed by atoms with van der Waals surface area (Å²) in [5.74, 6) is 0.105. The van der Waals surface area contributed by atoms with E-state index in [9.17, 15) is 4.39 Å². The van der Waals surface area contributed by atoms with E-state index < -0.39 is 0 Å². The third-order valence-corrected chi connectivity index (χ3v) is 1.89. The molecule has 1 aromatic carbocycles. The van der Waals surface area contributed by atoms with Crippen LogP contribution in [0.1, 0.15) is 0 Å². The molecule has 2 aromatic rings. The number of aromatic nitrogens is 1. The smallest absolute Gasteiger partial charge is 0.136 e. The zero-order chi connectivity index (χ0) is 9.97. The molecule has 0 aliphatic carbocycles. The SMILES string of the molecule is COc1ccc(-c2ccon2)c(F)c1. The largest absolute Gasteiger partial charge is 0.497 e. The molecule has 3 nitrogen and oxygen atoms in total. The van der Waals surface area contributed by atoms with E-state index >= 15 is 0 Å². The molecule has 0 saturated carbocycles. The van der Waals surface area contributed by atoms with Crippen LogP contribution in [0, 0.1) is 5.82 Å². The molecule has 0 spiro atoms. The lowest BCUT2D eigenvalue weighted by molar-refractivity contribution is 0.411. The van der Waals surface area contributed by atoms with Gasteiger partial charge in [0.2, 0.25) is 0 Å². The minimum atomic E-state index is -0.377. The second-order valence-electron chi connectivity index (χ2n) is 2.73. The van der Waals surface area contributed by atoms with Gasteiger partial charge in [0.1, 0.15) is 23.5 Å². The maximum Gasteiger partial charge on any atom is 0.136 e. The number of methoxy groups -OCH3 is 1. The predicted molar refractivity (Wildman–Crippen MR) is 48.4 cm³/mol. The van der Waals surface area contributed by atoms with Crippen LogP contribution in [0.25, 0.3) is 11.3 Å². The standard InChI is InChI=1S/C10H8FNO2/c1-13-7-2-3-8(9(11)6-7)10-4-5-14-12-10/h2-6H,1H3. The summed E-state index contributed by atoms with van der Waals surface area (Å²) in [6.45, 7) is 0. The van der Waals surface area contributed by atoms with Crippen molar-refractivity contribution in [2.75, 3.05) is 7.11 Å². The van der Waals surface area contributed by atoms with Crippen molar-refractivity contribution in [1.29, 1.82) is 0 Å². The molecule has 0 N–H and O–H groups in total. The first kappa shape index (κ1) is 8.74. The van der Waals surface area contributed by atoms with E-state index in [2.05, 4.69) is 9.68 Å². The number of hydrogen-bond donors (Lipinski definition) is 0. The second-order valence-corrected chi connectivity index (χ2v) is 2.73. The number of hydrogen-bond acceptors (Lipinski definition) is 3. The van der Waals surface area contributed by atoms with Crippen molar-refractivity contribution in [2.45, 2.75) is 0 Å². The number of benzene rings is 1. The van der Waals surface area contributed by atoms with Gasteiger partial charge in [0.05, 0.1) is 7.11 Å². The van der Waals surface area contributed by atoms with Gasteiger partial charge in [-0.05, 0) is 12.1 Å². The van der Waals surface area contributed by atoms with Gasteiger partial charge < -0.3 is 9.26 Å². The van der Waals surface area contributed by atoms with Crippen molar-refractivity contribution in [3.8, 4) is 17.0 Å². The summed E-state index contributed by atoms with van der Waals surface area (Å²) in [7, 11) is 1.49.